The molecule has 150 valence electrons. The van der Waals surface area contributed by atoms with E-state index in [1.165, 1.54) is 10.4 Å². The van der Waals surface area contributed by atoms with Crippen molar-refractivity contribution >= 4 is 21.6 Å². The quantitative estimate of drug-likeness (QED) is 0.788. The van der Waals surface area contributed by atoms with Crippen LogP contribution in [0, 0.1) is 12.8 Å². The monoisotopic (exact) mass is 404 g/mol. The number of aryl methyl sites for hydroxylation is 1. The summed E-state index contributed by atoms with van der Waals surface area (Å²) in [5.74, 6) is -0.140. The maximum absolute atomic E-state index is 12.7. The van der Waals surface area contributed by atoms with Crippen LogP contribution in [0.15, 0.2) is 35.1 Å². The normalized spacial score (nSPS) is 18.0. The maximum atomic E-state index is 12.7. The SMILES string of the molecule is CCS(=O)(=O)N1CCCC(C(=O)Nc2cccc(-c3nc(C)cc(=O)[nH]3)c2)C1. The van der Waals surface area contributed by atoms with Gasteiger partial charge in [-0.1, -0.05) is 12.1 Å². The van der Waals surface area contributed by atoms with Gasteiger partial charge in [0.05, 0.1) is 11.7 Å². The van der Waals surface area contributed by atoms with Crippen LogP contribution in [0.1, 0.15) is 25.5 Å². The van der Waals surface area contributed by atoms with E-state index in [-0.39, 0.29) is 23.8 Å². The molecular weight excluding hydrogens is 380 g/mol. The molecule has 3 rings (SSSR count). The van der Waals surface area contributed by atoms with Crippen LogP contribution in [-0.4, -0.2) is 47.4 Å². The average Bonchev–Trinajstić information content (AvgIpc) is 2.67. The second kappa shape index (κ2) is 8.24. The van der Waals surface area contributed by atoms with Gasteiger partial charge < -0.3 is 10.3 Å². The lowest BCUT2D eigenvalue weighted by atomic mass is 9.98. The molecule has 28 heavy (non-hydrogen) atoms. The zero-order chi connectivity index (χ0) is 20.3. The minimum atomic E-state index is -3.30. The van der Waals surface area contributed by atoms with Crippen molar-refractivity contribution in [3.05, 3.63) is 46.4 Å². The van der Waals surface area contributed by atoms with E-state index >= 15 is 0 Å². The number of carbonyl (C=O) groups is 1. The number of carbonyl (C=O) groups excluding carboxylic acids is 1. The average molecular weight is 404 g/mol. The minimum Gasteiger partial charge on any atom is -0.326 e. The largest absolute Gasteiger partial charge is 0.326 e. The third-order valence-electron chi connectivity index (χ3n) is 4.79. The summed E-state index contributed by atoms with van der Waals surface area (Å²) in [7, 11) is -3.30. The molecule has 0 radical (unpaired) electrons. The molecule has 2 aromatic rings. The van der Waals surface area contributed by atoms with Gasteiger partial charge in [0, 0.05) is 36.1 Å². The summed E-state index contributed by atoms with van der Waals surface area (Å²) in [6.45, 7) is 4.01. The van der Waals surface area contributed by atoms with Crippen molar-refractivity contribution in [2.75, 3.05) is 24.2 Å². The van der Waals surface area contributed by atoms with Gasteiger partial charge in [-0.15, -0.1) is 0 Å². The summed E-state index contributed by atoms with van der Waals surface area (Å²) in [6.07, 6.45) is 1.31. The summed E-state index contributed by atoms with van der Waals surface area (Å²) in [5.41, 5.74) is 1.61. The second-order valence-electron chi connectivity index (χ2n) is 6.90. The highest BCUT2D eigenvalue weighted by Gasteiger charge is 2.31. The fourth-order valence-electron chi connectivity index (χ4n) is 3.30. The molecule has 0 bridgehead atoms. The number of rotatable bonds is 5. The third-order valence-corrected chi connectivity index (χ3v) is 6.63. The van der Waals surface area contributed by atoms with Gasteiger partial charge >= 0.3 is 0 Å². The zero-order valence-electron chi connectivity index (χ0n) is 15.9. The first-order chi connectivity index (χ1) is 13.3. The lowest BCUT2D eigenvalue weighted by Crippen LogP contribution is -2.44. The third kappa shape index (κ3) is 4.66. The number of nitrogens with zero attached hydrogens (tertiary/aromatic N) is 2. The van der Waals surface area contributed by atoms with Crippen LogP contribution in [0.2, 0.25) is 0 Å². The fraction of sp³-hybridized carbons (Fsp3) is 0.421. The topological polar surface area (TPSA) is 112 Å². The minimum absolute atomic E-state index is 0.0328. The Balaban J connectivity index is 1.75. The molecule has 1 aromatic carbocycles. The molecule has 1 unspecified atom stereocenters. The molecule has 0 spiro atoms. The van der Waals surface area contributed by atoms with Crippen molar-refractivity contribution in [1.82, 2.24) is 14.3 Å². The Bertz CT molecular complexity index is 1030. The Hall–Kier alpha value is -2.52. The number of sulfonamides is 1. The number of amides is 1. The second-order valence-corrected chi connectivity index (χ2v) is 9.16. The molecule has 1 fully saturated rings. The van der Waals surface area contributed by atoms with Crippen LogP contribution < -0.4 is 10.9 Å². The Kier molecular flexibility index (Phi) is 5.95. The number of aromatic amines is 1. The van der Waals surface area contributed by atoms with E-state index in [4.69, 9.17) is 0 Å². The summed E-state index contributed by atoms with van der Waals surface area (Å²) in [5, 5.41) is 2.86. The van der Waals surface area contributed by atoms with Gasteiger partial charge in [0.15, 0.2) is 0 Å². The van der Waals surface area contributed by atoms with Crippen LogP contribution >= 0.6 is 0 Å². The van der Waals surface area contributed by atoms with Crippen molar-refractivity contribution in [2.24, 2.45) is 5.92 Å². The van der Waals surface area contributed by atoms with Crippen LogP contribution in [0.5, 0.6) is 0 Å². The maximum Gasteiger partial charge on any atom is 0.251 e. The standard InChI is InChI=1S/C19H24N4O4S/c1-3-28(26,27)23-9-5-7-15(12-23)19(25)21-16-8-4-6-14(11-16)18-20-13(2)10-17(24)22-18/h4,6,8,10-11,15H,3,5,7,9,12H2,1-2H3,(H,21,25)(H,20,22,24). The molecule has 2 heterocycles. The van der Waals surface area contributed by atoms with Crippen LogP contribution in [-0.2, 0) is 14.8 Å². The Morgan fingerprint density at radius 1 is 1.36 bits per heavy atom. The van der Waals surface area contributed by atoms with E-state index in [0.717, 1.165) is 0 Å². The van der Waals surface area contributed by atoms with Crippen LogP contribution in [0.4, 0.5) is 5.69 Å². The van der Waals surface area contributed by atoms with Gasteiger partial charge in [0.1, 0.15) is 5.82 Å². The number of hydrogen-bond acceptors (Lipinski definition) is 5. The lowest BCUT2D eigenvalue weighted by molar-refractivity contribution is -0.120. The van der Waals surface area contributed by atoms with E-state index in [0.29, 0.717) is 42.2 Å². The zero-order valence-corrected chi connectivity index (χ0v) is 16.8. The highest BCUT2D eigenvalue weighted by atomic mass is 32.2. The van der Waals surface area contributed by atoms with Crippen LogP contribution in [0.25, 0.3) is 11.4 Å². The number of aromatic nitrogens is 2. The predicted molar refractivity (Wildman–Crippen MR) is 107 cm³/mol. The smallest absolute Gasteiger partial charge is 0.251 e. The van der Waals surface area contributed by atoms with Gasteiger partial charge in [0.2, 0.25) is 15.9 Å². The van der Waals surface area contributed by atoms with Gasteiger partial charge in [-0.05, 0) is 38.8 Å². The number of benzene rings is 1. The molecule has 1 amide bonds. The van der Waals surface area contributed by atoms with Crippen molar-refractivity contribution in [3.8, 4) is 11.4 Å². The Morgan fingerprint density at radius 2 is 2.14 bits per heavy atom. The van der Waals surface area contributed by atoms with E-state index in [1.54, 1.807) is 38.1 Å². The molecule has 2 N–H and O–H groups in total. The summed E-state index contributed by atoms with van der Waals surface area (Å²) >= 11 is 0. The van der Waals surface area contributed by atoms with Gasteiger partial charge in [-0.3, -0.25) is 9.59 Å². The lowest BCUT2D eigenvalue weighted by Gasteiger charge is -2.30. The molecule has 0 aliphatic carbocycles. The van der Waals surface area contributed by atoms with E-state index < -0.39 is 15.9 Å². The van der Waals surface area contributed by atoms with Crippen molar-refractivity contribution in [2.45, 2.75) is 26.7 Å². The summed E-state index contributed by atoms with van der Waals surface area (Å²) in [6, 6.07) is 8.46. The number of nitrogens with one attached hydrogen (secondary N) is 2. The van der Waals surface area contributed by atoms with Gasteiger partial charge in [-0.2, -0.15) is 0 Å². The highest BCUT2D eigenvalue weighted by Crippen LogP contribution is 2.23. The Labute approximate surface area is 164 Å². The summed E-state index contributed by atoms with van der Waals surface area (Å²) < 4.78 is 25.6. The van der Waals surface area contributed by atoms with E-state index in [9.17, 15) is 18.0 Å². The van der Waals surface area contributed by atoms with E-state index in [2.05, 4.69) is 15.3 Å². The first-order valence-corrected chi connectivity index (χ1v) is 10.9. The van der Waals surface area contributed by atoms with E-state index in [1.807, 2.05) is 0 Å². The van der Waals surface area contributed by atoms with Gasteiger partial charge in [0.25, 0.3) is 5.56 Å². The molecule has 1 aliphatic rings. The molecular formula is C19H24N4O4S. The summed E-state index contributed by atoms with van der Waals surface area (Å²) in [4.78, 5) is 31.4. The number of anilines is 1. The first-order valence-electron chi connectivity index (χ1n) is 9.25. The fourth-order valence-corrected chi connectivity index (χ4v) is 4.48. The number of H-pyrrole nitrogens is 1. The van der Waals surface area contributed by atoms with Crippen molar-refractivity contribution in [1.29, 1.82) is 0 Å². The molecule has 1 atom stereocenters. The number of piperidine rings is 1. The Morgan fingerprint density at radius 3 is 2.86 bits per heavy atom. The molecule has 1 saturated heterocycles. The molecule has 9 heteroatoms. The molecule has 1 aromatic heterocycles. The van der Waals surface area contributed by atoms with Gasteiger partial charge in [-0.25, -0.2) is 17.7 Å². The highest BCUT2D eigenvalue weighted by molar-refractivity contribution is 7.89. The first kappa shape index (κ1) is 20.2. The van der Waals surface area contributed by atoms with Crippen molar-refractivity contribution < 1.29 is 13.2 Å². The predicted octanol–water partition coefficient (Wildman–Crippen LogP) is 1.75. The van der Waals surface area contributed by atoms with Crippen LogP contribution in [0.3, 0.4) is 0 Å². The molecule has 0 saturated carbocycles. The molecule has 1 aliphatic heterocycles. The number of hydrogen-bond donors (Lipinski definition) is 2. The van der Waals surface area contributed by atoms with Crippen molar-refractivity contribution in [3.63, 3.8) is 0 Å². The molecule has 8 nitrogen and oxygen atoms in total.